The summed E-state index contributed by atoms with van der Waals surface area (Å²) in [4.78, 5) is 13.9. The van der Waals surface area contributed by atoms with Crippen LogP contribution in [0.1, 0.15) is 44.9 Å². The van der Waals surface area contributed by atoms with Crippen molar-refractivity contribution in [1.29, 1.82) is 5.26 Å². The summed E-state index contributed by atoms with van der Waals surface area (Å²) in [5.74, 6) is 0.524. The number of aryl methyl sites for hydroxylation is 1. The fourth-order valence-electron chi connectivity index (χ4n) is 2.94. The van der Waals surface area contributed by atoms with Crippen molar-refractivity contribution in [2.75, 3.05) is 19.6 Å². The Bertz CT molecular complexity index is 610. The molecule has 1 aromatic rings. The van der Waals surface area contributed by atoms with Gasteiger partial charge in [-0.1, -0.05) is 0 Å². The average Bonchev–Trinajstić information content (AvgIpc) is 3.08. The summed E-state index contributed by atoms with van der Waals surface area (Å²) >= 11 is 0. The summed E-state index contributed by atoms with van der Waals surface area (Å²) in [6.45, 7) is 8.91. The monoisotopic (exact) mass is 332 g/mol. The largest absolute Gasteiger partial charge is 0.444 e. The van der Waals surface area contributed by atoms with E-state index in [1.807, 2.05) is 49.5 Å². The van der Waals surface area contributed by atoms with E-state index in [0.717, 1.165) is 44.6 Å². The van der Waals surface area contributed by atoms with Crippen LogP contribution in [0.2, 0.25) is 0 Å². The maximum absolute atomic E-state index is 12.0. The Kier molecular flexibility index (Phi) is 5.89. The average molecular weight is 332 g/mol. The predicted molar refractivity (Wildman–Crippen MR) is 92.4 cm³/mol. The van der Waals surface area contributed by atoms with Crippen LogP contribution in [0, 0.1) is 17.2 Å². The van der Waals surface area contributed by atoms with E-state index in [-0.39, 0.29) is 6.09 Å². The minimum atomic E-state index is -0.436. The van der Waals surface area contributed by atoms with Gasteiger partial charge in [0.25, 0.3) is 0 Å². The van der Waals surface area contributed by atoms with E-state index in [4.69, 9.17) is 10.00 Å². The van der Waals surface area contributed by atoms with Gasteiger partial charge in [-0.25, -0.2) is 4.79 Å². The van der Waals surface area contributed by atoms with E-state index in [2.05, 4.69) is 11.4 Å². The van der Waals surface area contributed by atoms with Crippen molar-refractivity contribution in [2.45, 2.75) is 45.8 Å². The summed E-state index contributed by atoms with van der Waals surface area (Å²) in [7, 11) is 1.88. The van der Waals surface area contributed by atoms with Crippen molar-refractivity contribution in [3.63, 3.8) is 0 Å². The normalized spacial score (nSPS) is 17.8. The third-order valence-corrected chi connectivity index (χ3v) is 4.17. The Morgan fingerprint density at radius 2 is 2.25 bits per heavy atom. The van der Waals surface area contributed by atoms with Gasteiger partial charge in [-0.3, -0.25) is 0 Å². The molecule has 2 heterocycles. The molecular formula is C18H28N4O2. The molecule has 1 aliphatic heterocycles. The maximum atomic E-state index is 12.0. The zero-order valence-corrected chi connectivity index (χ0v) is 15.1. The second kappa shape index (κ2) is 7.71. The van der Waals surface area contributed by atoms with E-state index in [0.29, 0.717) is 11.6 Å². The molecule has 0 spiro atoms. The lowest BCUT2D eigenvalue weighted by molar-refractivity contribution is 0.0287. The molecule has 132 valence electrons. The molecule has 0 bridgehead atoms. The molecule has 1 unspecified atom stereocenters. The van der Waals surface area contributed by atoms with Crippen LogP contribution in [0.4, 0.5) is 4.79 Å². The number of nitrogens with zero attached hydrogens (tertiary/aromatic N) is 3. The van der Waals surface area contributed by atoms with Crippen LogP contribution in [0.25, 0.3) is 0 Å². The SMILES string of the molecule is Cn1cc(CNCCC2CCN(C(=O)OC(C)(C)C)C2)cc1C#N. The zero-order chi connectivity index (χ0) is 17.7. The molecule has 1 aliphatic rings. The molecule has 1 saturated heterocycles. The van der Waals surface area contributed by atoms with Crippen LogP contribution in [-0.2, 0) is 18.3 Å². The first-order valence-corrected chi connectivity index (χ1v) is 8.52. The molecule has 6 nitrogen and oxygen atoms in total. The topological polar surface area (TPSA) is 70.3 Å². The molecule has 1 aromatic heterocycles. The highest BCUT2D eigenvalue weighted by molar-refractivity contribution is 5.68. The van der Waals surface area contributed by atoms with Gasteiger partial charge >= 0.3 is 6.09 Å². The minimum Gasteiger partial charge on any atom is -0.444 e. The molecule has 2 rings (SSSR count). The van der Waals surface area contributed by atoms with Crippen LogP contribution in [0.15, 0.2) is 12.3 Å². The number of nitriles is 1. The predicted octanol–water partition coefficient (Wildman–Crippen LogP) is 2.63. The van der Waals surface area contributed by atoms with Crippen molar-refractivity contribution in [1.82, 2.24) is 14.8 Å². The number of hydrogen-bond donors (Lipinski definition) is 1. The smallest absolute Gasteiger partial charge is 0.410 e. The van der Waals surface area contributed by atoms with E-state index in [1.165, 1.54) is 0 Å². The number of carbonyl (C=O) groups is 1. The van der Waals surface area contributed by atoms with Crippen LogP contribution in [0.3, 0.4) is 0 Å². The lowest BCUT2D eigenvalue weighted by Crippen LogP contribution is -2.35. The Balaban J connectivity index is 1.67. The first-order valence-electron chi connectivity index (χ1n) is 8.52. The van der Waals surface area contributed by atoms with Gasteiger partial charge < -0.3 is 19.5 Å². The van der Waals surface area contributed by atoms with Crippen LogP contribution >= 0.6 is 0 Å². The third-order valence-electron chi connectivity index (χ3n) is 4.17. The number of rotatable bonds is 5. The van der Waals surface area contributed by atoms with Gasteiger partial charge in [-0.2, -0.15) is 5.26 Å². The van der Waals surface area contributed by atoms with E-state index < -0.39 is 5.60 Å². The highest BCUT2D eigenvalue weighted by Gasteiger charge is 2.29. The number of aromatic nitrogens is 1. The molecule has 1 amide bonds. The molecule has 0 aliphatic carbocycles. The molecule has 6 heteroatoms. The Labute approximate surface area is 144 Å². The highest BCUT2D eigenvalue weighted by atomic mass is 16.6. The molecule has 0 aromatic carbocycles. The summed E-state index contributed by atoms with van der Waals surface area (Å²) in [6.07, 6.45) is 3.85. The molecule has 0 saturated carbocycles. The summed E-state index contributed by atoms with van der Waals surface area (Å²) in [5.41, 5.74) is 1.36. The van der Waals surface area contributed by atoms with Crippen molar-refractivity contribution in [3.05, 3.63) is 23.5 Å². The Hall–Kier alpha value is -2.00. The van der Waals surface area contributed by atoms with E-state index in [1.54, 1.807) is 0 Å². The first-order chi connectivity index (χ1) is 11.3. The number of hydrogen-bond acceptors (Lipinski definition) is 4. The van der Waals surface area contributed by atoms with E-state index >= 15 is 0 Å². The van der Waals surface area contributed by atoms with Gasteiger partial charge in [0.05, 0.1) is 0 Å². The molecular weight excluding hydrogens is 304 g/mol. The zero-order valence-electron chi connectivity index (χ0n) is 15.1. The lowest BCUT2D eigenvalue weighted by atomic mass is 10.1. The molecule has 0 radical (unpaired) electrons. The van der Waals surface area contributed by atoms with E-state index in [9.17, 15) is 4.79 Å². The fraction of sp³-hybridized carbons (Fsp3) is 0.667. The van der Waals surface area contributed by atoms with Crippen LogP contribution < -0.4 is 5.32 Å². The van der Waals surface area contributed by atoms with Gasteiger partial charge in [0, 0.05) is 32.9 Å². The summed E-state index contributed by atoms with van der Waals surface area (Å²) < 4.78 is 7.26. The number of carbonyl (C=O) groups excluding carboxylic acids is 1. The van der Waals surface area contributed by atoms with Crippen molar-refractivity contribution >= 4 is 6.09 Å². The maximum Gasteiger partial charge on any atom is 0.410 e. The fourth-order valence-corrected chi connectivity index (χ4v) is 2.94. The van der Waals surface area contributed by atoms with Crippen LogP contribution in [-0.4, -0.2) is 40.8 Å². The van der Waals surface area contributed by atoms with Gasteiger partial charge in [0.1, 0.15) is 17.4 Å². The Morgan fingerprint density at radius 1 is 1.50 bits per heavy atom. The highest BCUT2D eigenvalue weighted by Crippen LogP contribution is 2.21. The summed E-state index contributed by atoms with van der Waals surface area (Å²) in [5, 5.41) is 12.4. The molecule has 24 heavy (non-hydrogen) atoms. The van der Waals surface area contributed by atoms with Crippen molar-refractivity contribution in [3.8, 4) is 6.07 Å². The minimum absolute atomic E-state index is 0.203. The lowest BCUT2D eigenvalue weighted by Gasteiger charge is -2.24. The molecule has 1 fully saturated rings. The van der Waals surface area contributed by atoms with Gasteiger partial charge in [0.2, 0.25) is 0 Å². The van der Waals surface area contributed by atoms with Gasteiger partial charge in [-0.15, -0.1) is 0 Å². The number of amides is 1. The summed E-state index contributed by atoms with van der Waals surface area (Å²) in [6, 6.07) is 4.08. The van der Waals surface area contributed by atoms with Gasteiger partial charge in [0.15, 0.2) is 0 Å². The molecule has 1 atom stereocenters. The first kappa shape index (κ1) is 18.3. The Morgan fingerprint density at radius 3 is 2.88 bits per heavy atom. The standard InChI is InChI=1S/C18H28N4O2/c1-18(2,3)24-17(23)22-8-6-14(13-22)5-7-20-11-15-9-16(10-19)21(4)12-15/h9,12,14,20H,5-8,11,13H2,1-4H3. The van der Waals surface area contributed by atoms with Crippen LogP contribution in [0.5, 0.6) is 0 Å². The third kappa shape index (κ3) is 5.27. The van der Waals surface area contributed by atoms with Crippen molar-refractivity contribution < 1.29 is 9.53 Å². The second-order valence-electron chi connectivity index (χ2n) is 7.50. The van der Waals surface area contributed by atoms with Crippen molar-refractivity contribution in [2.24, 2.45) is 13.0 Å². The molecule has 1 N–H and O–H groups in total. The second-order valence-corrected chi connectivity index (χ2v) is 7.50. The quantitative estimate of drug-likeness (QED) is 0.842. The number of likely N-dealkylation sites (tertiary alicyclic amines) is 1. The number of ether oxygens (including phenoxy) is 1. The van der Waals surface area contributed by atoms with Gasteiger partial charge in [-0.05, 0) is 57.7 Å². The number of nitrogens with one attached hydrogen (secondary N) is 1.